The number of hydrogen-bond donors (Lipinski definition) is 0. The van der Waals surface area contributed by atoms with E-state index in [2.05, 4.69) is 62.0 Å². The first kappa shape index (κ1) is 9.35. The van der Waals surface area contributed by atoms with Gasteiger partial charge >= 0.3 is 0 Å². The van der Waals surface area contributed by atoms with Crippen LogP contribution in [0.15, 0.2) is 36.4 Å². The molecule has 0 saturated carbocycles. The van der Waals surface area contributed by atoms with Crippen molar-refractivity contribution in [3.63, 3.8) is 0 Å². The summed E-state index contributed by atoms with van der Waals surface area (Å²) in [5, 5.41) is 0.729. The molecular formula is C15H16S. The molecule has 0 nitrogen and oxygen atoms in total. The number of thioether (sulfide) groups is 1. The zero-order valence-corrected chi connectivity index (χ0v) is 10.6. The number of benzene rings is 1. The summed E-state index contributed by atoms with van der Waals surface area (Å²) in [5.74, 6) is 0.653. The first-order valence-corrected chi connectivity index (χ1v) is 6.98. The van der Waals surface area contributed by atoms with Crippen LogP contribution in [0.1, 0.15) is 42.6 Å². The summed E-state index contributed by atoms with van der Waals surface area (Å²) < 4.78 is 0.362. The first-order valence-electron chi connectivity index (χ1n) is 6.10. The Kier molecular flexibility index (Phi) is 1.51. The fourth-order valence-electron chi connectivity index (χ4n) is 3.92. The standard InChI is InChI=1S/C15H16S/c1-14-9-13-11-6-4-3-5-10(11)12(14)7-8-15(14,2)16-13/h3-8,12-13H,9H2,1-2H3/t12-,13-,14+,15-/m0/s1. The molecule has 1 heteroatoms. The Morgan fingerprint density at radius 1 is 1.19 bits per heavy atom. The molecule has 1 aliphatic heterocycles. The Hall–Kier alpha value is -0.690. The van der Waals surface area contributed by atoms with Gasteiger partial charge in [-0.2, -0.15) is 0 Å². The SMILES string of the molecule is C[C@]12C=C[C@H]3c4ccccc4[C@H](C[C@]31C)S2. The predicted molar refractivity (Wildman–Crippen MR) is 69.8 cm³/mol. The Labute approximate surface area is 101 Å². The molecule has 1 heterocycles. The summed E-state index contributed by atoms with van der Waals surface area (Å²) in [6.45, 7) is 4.92. The molecule has 1 aromatic carbocycles. The lowest BCUT2D eigenvalue weighted by molar-refractivity contribution is 0.244. The highest BCUT2D eigenvalue weighted by Gasteiger charge is 2.61. The fraction of sp³-hybridized carbons (Fsp3) is 0.467. The van der Waals surface area contributed by atoms with Crippen LogP contribution in [0, 0.1) is 5.41 Å². The van der Waals surface area contributed by atoms with Crippen molar-refractivity contribution < 1.29 is 0 Å². The Morgan fingerprint density at radius 2 is 1.94 bits per heavy atom. The van der Waals surface area contributed by atoms with E-state index >= 15 is 0 Å². The maximum absolute atomic E-state index is 2.49. The highest BCUT2D eigenvalue weighted by atomic mass is 32.2. The third-order valence-electron chi connectivity index (χ3n) is 5.10. The number of allylic oxidation sites excluding steroid dienone is 1. The quantitative estimate of drug-likeness (QED) is 0.597. The highest BCUT2D eigenvalue weighted by Crippen LogP contribution is 2.73. The van der Waals surface area contributed by atoms with E-state index in [0.29, 0.717) is 16.1 Å². The van der Waals surface area contributed by atoms with E-state index in [9.17, 15) is 0 Å². The lowest BCUT2D eigenvalue weighted by Crippen LogP contribution is -2.36. The third-order valence-corrected chi connectivity index (χ3v) is 6.90. The van der Waals surface area contributed by atoms with Crippen molar-refractivity contribution in [2.45, 2.75) is 36.2 Å². The van der Waals surface area contributed by atoms with Crippen molar-refractivity contribution >= 4 is 11.8 Å². The zero-order valence-electron chi connectivity index (χ0n) is 9.73. The van der Waals surface area contributed by atoms with Crippen molar-refractivity contribution in [1.82, 2.24) is 0 Å². The number of fused-ring (bicyclic) bond motifs is 4. The van der Waals surface area contributed by atoms with E-state index in [1.165, 1.54) is 6.42 Å². The molecule has 0 N–H and O–H groups in total. The predicted octanol–water partition coefficient (Wildman–Crippen LogP) is 4.30. The second-order valence-corrected chi connectivity index (χ2v) is 7.45. The van der Waals surface area contributed by atoms with Gasteiger partial charge in [-0.25, -0.2) is 0 Å². The lowest BCUT2D eigenvalue weighted by Gasteiger charge is -2.40. The summed E-state index contributed by atoms with van der Waals surface area (Å²) in [6.07, 6.45) is 6.28. The Morgan fingerprint density at radius 3 is 2.75 bits per heavy atom. The van der Waals surface area contributed by atoms with Gasteiger partial charge in [-0.05, 0) is 29.9 Å². The second-order valence-electron chi connectivity index (χ2n) is 5.80. The summed E-state index contributed by atoms with van der Waals surface area (Å²) in [6, 6.07) is 9.07. The van der Waals surface area contributed by atoms with Crippen molar-refractivity contribution in [3.05, 3.63) is 47.5 Å². The maximum atomic E-state index is 2.49. The van der Waals surface area contributed by atoms with Crippen molar-refractivity contribution in [1.29, 1.82) is 0 Å². The van der Waals surface area contributed by atoms with E-state index in [1.54, 1.807) is 11.1 Å². The monoisotopic (exact) mass is 228 g/mol. The molecular weight excluding hydrogens is 212 g/mol. The maximum Gasteiger partial charge on any atom is 0.0380 e. The average Bonchev–Trinajstić information content (AvgIpc) is 2.63. The molecule has 1 fully saturated rings. The van der Waals surface area contributed by atoms with Gasteiger partial charge in [-0.15, -0.1) is 11.8 Å². The molecule has 0 amide bonds. The molecule has 1 aromatic rings. The van der Waals surface area contributed by atoms with Crippen LogP contribution in [0.25, 0.3) is 0 Å². The minimum Gasteiger partial charge on any atom is -0.142 e. The molecule has 0 spiro atoms. The van der Waals surface area contributed by atoms with Gasteiger partial charge in [0.05, 0.1) is 0 Å². The van der Waals surface area contributed by atoms with Gasteiger partial charge in [0.25, 0.3) is 0 Å². The first-order chi connectivity index (χ1) is 7.64. The third kappa shape index (κ3) is 0.830. The molecule has 0 aromatic heterocycles. The Balaban J connectivity index is 2.03. The van der Waals surface area contributed by atoms with Crippen LogP contribution in [-0.4, -0.2) is 4.75 Å². The van der Waals surface area contributed by atoms with E-state index in [4.69, 9.17) is 0 Å². The summed E-state index contributed by atoms with van der Waals surface area (Å²) >= 11 is 2.18. The number of rotatable bonds is 0. The second kappa shape index (κ2) is 2.59. The van der Waals surface area contributed by atoms with Crippen molar-refractivity contribution in [2.75, 3.05) is 0 Å². The number of hydrogen-bond acceptors (Lipinski definition) is 1. The molecule has 1 saturated heterocycles. The van der Waals surface area contributed by atoms with Gasteiger partial charge in [-0.1, -0.05) is 43.3 Å². The van der Waals surface area contributed by atoms with Gasteiger partial charge in [0, 0.05) is 15.9 Å². The molecule has 3 aliphatic rings. The molecule has 4 rings (SSSR count). The van der Waals surface area contributed by atoms with E-state index in [1.807, 2.05) is 0 Å². The summed E-state index contributed by atoms with van der Waals surface area (Å²) in [7, 11) is 0. The fourth-order valence-corrected chi connectivity index (χ4v) is 5.92. The average molecular weight is 228 g/mol. The van der Waals surface area contributed by atoms with Gasteiger partial charge < -0.3 is 0 Å². The molecule has 2 bridgehead atoms. The topological polar surface area (TPSA) is 0 Å². The van der Waals surface area contributed by atoms with Crippen LogP contribution in [0.4, 0.5) is 0 Å². The van der Waals surface area contributed by atoms with E-state index < -0.39 is 0 Å². The molecule has 82 valence electrons. The molecule has 4 atom stereocenters. The Bertz CT molecular complexity index is 504. The van der Waals surface area contributed by atoms with E-state index in [-0.39, 0.29) is 0 Å². The van der Waals surface area contributed by atoms with Crippen LogP contribution in [0.2, 0.25) is 0 Å². The summed E-state index contributed by atoms with van der Waals surface area (Å²) in [5.41, 5.74) is 3.64. The molecule has 2 aliphatic carbocycles. The van der Waals surface area contributed by atoms with Crippen LogP contribution >= 0.6 is 11.8 Å². The smallest absolute Gasteiger partial charge is 0.0380 e. The molecule has 0 radical (unpaired) electrons. The molecule has 16 heavy (non-hydrogen) atoms. The van der Waals surface area contributed by atoms with Gasteiger partial charge in [-0.3, -0.25) is 0 Å². The van der Waals surface area contributed by atoms with Gasteiger partial charge in [0.15, 0.2) is 0 Å². The highest BCUT2D eigenvalue weighted by molar-refractivity contribution is 8.01. The van der Waals surface area contributed by atoms with Crippen LogP contribution in [0.5, 0.6) is 0 Å². The van der Waals surface area contributed by atoms with Crippen LogP contribution in [0.3, 0.4) is 0 Å². The normalized spacial score (nSPS) is 47.1. The van der Waals surface area contributed by atoms with Crippen LogP contribution < -0.4 is 0 Å². The molecule has 0 unspecified atom stereocenters. The minimum atomic E-state index is 0.362. The van der Waals surface area contributed by atoms with E-state index in [0.717, 1.165) is 5.25 Å². The largest absolute Gasteiger partial charge is 0.142 e. The van der Waals surface area contributed by atoms with Gasteiger partial charge in [0.1, 0.15) is 0 Å². The lowest BCUT2D eigenvalue weighted by atomic mass is 9.63. The summed E-state index contributed by atoms with van der Waals surface area (Å²) in [4.78, 5) is 0. The zero-order chi connectivity index (χ0) is 11.0. The van der Waals surface area contributed by atoms with Gasteiger partial charge in [0.2, 0.25) is 0 Å². The van der Waals surface area contributed by atoms with Crippen LogP contribution in [-0.2, 0) is 0 Å². The van der Waals surface area contributed by atoms with Crippen molar-refractivity contribution in [2.24, 2.45) is 5.41 Å². The minimum absolute atomic E-state index is 0.362. The van der Waals surface area contributed by atoms with Crippen molar-refractivity contribution in [3.8, 4) is 0 Å².